The highest BCUT2D eigenvalue weighted by Gasteiger charge is 2.28. The average molecular weight is 310 g/mol. The van der Waals surface area contributed by atoms with Crippen molar-refractivity contribution < 1.29 is 0 Å². The Morgan fingerprint density at radius 2 is 1.30 bits per heavy atom. The van der Waals surface area contributed by atoms with E-state index in [-0.39, 0.29) is 5.41 Å². The zero-order valence-corrected chi connectivity index (χ0v) is 14.7. The summed E-state index contributed by atoms with van der Waals surface area (Å²) < 4.78 is 0. The predicted molar refractivity (Wildman–Crippen MR) is 100.0 cm³/mol. The summed E-state index contributed by atoms with van der Waals surface area (Å²) in [5.74, 6) is 0. The summed E-state index contributed by atoms with van der Waals surface area (Å²) in [4.78, 5) is 0. The molecule has 0 aliphatic heterocycles. The third kappa shape index (κ3) is 4.66. The van der Waals surface area contributed by atoms with Gasteiger partial charge in [0.15, 0.2) is 0 Å². The van der Waals surface area contributed by atoms with E-state index in [1.165, 1.54) is 22.3 Å². The first-order valence-electron chi connectivity index (χ1n) is 8.61. The standard InChI is InChI=1S/C21H30N2/c1-17-5-9-19(10-6-17)21(3,13-4-15-23-16-14-22)20-11-7-18(2)8-12-20/h5-12,23H,4,13-16,22H2,1-3H3. The molecule has 0 aliphatic carbocycles. The molecule has 0 atom stereocenters. The molecule has 0 aliphatic rings. The maximum absolute atomic E-state index is 5.54. The van der Waals surface area contributed by atoms with E-state index in [9.17, 15) is 0 Å². The van der Waals surface area contributed by atoms with Gasteiger partial charge in [-0.25, -0.2) is 0 Å². The van der Waals surface area contributed by atoms with Crippen LogP contribution in [0.2, 0.25) is 0 Å². The van der Waals surface area contributed by atoms with E-state index in [0.29, 0.717) is 6.54 Å². The van der Waals surface area contributed by atoms with Crippen LogP contribution in [0.1, 0.15) is 42.0 Å². The van der Waals surface area contributed by atoms with E-state index < -0.39 is 0 Å². The molecule has 0 fully saturated rings. The number of hydrogen-bond donors (Lipinski definition) is 2. The monoisotopic (exact) mass is 310 g/mol. The summed E-state index contributed by atoms with van der Waals surface area (Å²) in [6.07, 6.45) is 2.26. The summed E-state index contributed by atoms with van der Waals surface area (Å²) in [7, 11) is 0. The average Bonchev–Trinajstić information content (AvgIpc) is 2.55. The van der Waals surface area contributed by atoms with Gasteiger partial charge in [-0.2, -0.15) is 0 Å². The highest BCUT2D eigenvalue weighted by atomic mass is 14.9. The minimum Gasteiger partial charge on any atom is -0.329 e. The molecule has 0 saturated heterocycles. The topological polar surface area (TPSA) is 38.0 Å². The number of nitrogens with one attached hydrogen (secondary N) is 1. The van der Waals surface area contributed by atoms with Crippen LogP contribution in [0, 0.1) is 13.8 Å². The fourth-order valence-electron chi connectivity index (χ4n) is 3.09. The van der Waals surface area contributed by atoms with Crippen molar-refractivity contribution in [2.24, 2.45) is 5.73 Å². The molecule has 2 aromatic rings. The third-order valence-corrected chi connectivity index (χ3v) is 4.73. The van der Waals surface area contributed by atoms with Crippen LogP contribution in [0.15, 0.2) is 48.5 Å². The maximum atomic E-state index is 5.54. The molecule has 0 bridgehead atoms. The maximum Gasteiger partial charge on any atom is 0.0175 e. The van der Waals surface area contributed by atoms with Gasteiger partial charge in [0.05, 0.1) is 0 Å². The quantitative estimate of drug-likeness (QED) is 0.725. The zero-order chi connectivity index (χ0) is 16.7. The van der Waals surface area contributed by atoms with Crippen LogP contribution in [0.4, 0.5) is 0 Å². The van der Waals surface area contributed by atoms with Crippen LogP contribution in [-0.4, -0.2) is 19.6 Å². The fraction of sp³-hybridized carbons (Fsp3) is 0.429. The van der Waals surface area contributed by atoms with Gasteiger partial charge in [0.25, 0.3) is 0 Å². The molecule has 0 amide bonds. The first-order chi connectivity index (χ1) is 11.1. The van der Waals surface area contributed by atoms with Gasteiger partial charge in [0.2, 0.25) is 0 Å². The van der Waals surface area contributed by atoms with Gasteiger partial charge in [0.1, 0.15) is 0 Å². The van der Waals surface area contributed by atoms with Crippen LogP contribution >= 0.6 is 0 Å². The first-order valence-corrected chi connectivity index (χ1v) is 8.61. The molecule has 2 heteroatoms. The normalized spacial score (nSPS) is 11.7. The van der Waals surface area contributed by atoms with Crippen LogP contribution in [0.5, 0.6) is 0 Å². The van der Waals surface area contributed by atoms with Gasteiger partial charge in [0, 0.05) is 18.5 Å². The van der Waals surface area contributed by atoms with Crippen LogP contribution in [0.25, 0.3) is 0 Å². The lowest BCUT2D eigenvalue weighted by Gasteiger charge is -2.31. The number of benzene rings is 2. The van der Waals surface area contributed by atoms with Crippen molar-refractivity contribution >= 4 is 0 Å². The highest BCUT2D eigenvalue weighted by Crippen LogP contribution is 2.36. The Bertz CT molecular complexity index is 539. The minimum atomic E-state index is 0.0474. The van der Waals surface area contributed by atoms with Gasteiger partial charge in [-0.1, -0.05) is 66.6 Å². The molecular weight excluding hydrogens is 280 g/mol. The minimum absolute atomic E-state index is 0.0474. The van der Waals surface area contributed by atoms with Gasteiger partial charge < -0.3 is 11.1 Å². The number of hydrogen-bond acceptors (Lipinski definition) is 2. The van der Waals surface area contributed by atoms with E-state index >= 15 is 0 Å². The first kappa shape index (κ1) is 17.7. The summed E-state index contributed by atoms with van der Waals surface area (Å²) >= 11 is 0. The van der Waals surface area contributed by atoms with E-state index in [4.69, 9.17) is 5.73 Å². The number of nitrogens with two attached hydrogens (primary N) is 1. The van der Waals surface area contributed by atoms with E-state index in [0.717, 1.165) is 25.9 Å². The van der Waals surface area contributed by atoms with Crippen LogP contribution < -0.4 is 11.1 Å². The Kier molecular flexibility index (Phi) is 6.37. The second kappa shape index (κ2) is 8.28. The van der Waals surface area contributed by atoms with Crippen molar-refractivity contribution in [2.75, 3.05) is 19.6 Å². The Morgan fingerprint density at radius 1 is 0.826 bits per heavy atom. The number of aryl methyl sites for hydroxylation is 2. The number of rotatable bonds is 8. The molecule has 0 aromatic heterocycles. The smallest absolute Gasteiger partial charge is 0.0175 e. The Hall–Kier alpha value is -1.64. The Morgan fingerprint density at radius 3 is 1.74 bits per heavy atom. The highest BCUT2D eigenvalue weighted by molar-refractivity contribution is 5.40. The van der Waals surface area contributed by atoms with Crippen molar-refractivity contribution in [1.82, 2.24) is 5.32 Å². The van der Waals surface area contributed by atoms with E-state index in [1.54, 1.807) is 0 Å². The SMILES string of the molecule is Cc1ccc(C(C)(CCCNCCN)c2ccc(C)cc2)cc1. The summed E-state index contributed by atoms with van der Waals surface area (Å²) in [6, 6.07) is 18.0. The van der Waals surface area contributed by atoms with Crippen molar-refractivity contribution in [3.8, 4) is 0 Å². The van der Waals surface area contributed by atoms with Gasteiger partial charge in [-0.3, -0.25) is 0 Å². The second-order valence-electron chi connectivity index (χ2n) is 6.71. The van der Waals surface area contributed by atoms with Crippen LogP contribution in [-0.2, 0) is 5.41 Å². The molecule has 2 nitrogen and oxygen atoms in total. The van der Waals surface area contributed by atoms with E-state index in [1.807, 2.05) is 0 Å². The van der Waals surface area contributed by atoms with Gasteiger partial charge in [-0.05, 0) is 44.4 Å². The lowest BCUT2D eigenvalue weighted by atomic mass is 9.72. The van der Waals surface area contributed by atoms with E-state index in [2.05, 4.69) is 74.6 Å². The van der Waals surface area contributed by atoms with Crippen molar-refractivity contribution in [3.63, 3.8) is 0 Å². The third-order valence-electron chi connectivity index (χ3n) is 4.73. The summed E-state index contributed by atoms with van der Waals surface area (Å²) in [5.41, 5.74) is 11.0. The molecule has 0 heterocycles. The molecule has 3 N–H and O–H groups in total. The molecule has 0 radical (unpaired) electrons. The Labute approximate surface area is 141 Å². The lowest BCUT2D eigenvalue weighted by molar-refractivity contribution is 0.483. The van der Waals surface area contributed by atoms with Crippen LogP contribution in [0.3, 0.4) is 0 Å². The summed E-state index contributed by atoms with van der Waals surface area (Å²) in [6.45, 7) is 9.27. The molecule has 0 saturated carbocycles. The van der Waals surface area contributed by atoms with Crippen molar-refractivity contribution in [1.29, 1.82) is 0 Å². The van der Waals surface area contributed by atoms with Crippen molar-refractivity contribution in [3.05, 3.63) is 70.8 Å². The predicted octanol–water partition coefficient (Wildman–Crippen LogP) is 3.94. The molecule has 0 unspecified atom stereocenters. The van der Waals surface area contributed by atoms with Crippen molar-refractivity contribution in [2.45, 2.75) is 39.0 Å². The fourth-order valence-corrected chi connectivity index (χ4v) is 3.09. The lowest BCUT2D eigenvalue weighted by Crippen LogP contribution is -2.28. The Balaban J connectivity index is 2.22. The molecule has 2 rings (SSSR count). The van der Waals surface area contributed by atoms with Gasteiger partial charge >= 0.3 is 0 Å². The molecule has 0 spiro atoms. The zero-order valence-electron chi connectivity index (χ0n) is 14.7. The largest absolute Gasteiger partial charge is 0.329 e. The molecule has 23 heavy (non-hydrogen) atoms. The summed E-state index contributed by atoms with van der Waals surface area (Å²) in [5, 5.41) is 3.40. The molecule has 124 valence electrons. The molecular formula is C21H30N2. The molecule has 2 aromatic carbocycles. The second-order valence-corrected chi connectivity index (χ2v) is 6.71. The van der Waals surface area contributed by atoms with Gasteiger partial charge in [-0.15, -0.1) is 0 Å².